The average Bonchev–Trinajstić information content (AvgIpc) is 3.10. The van der Waals surface area contributed by atoms with E-state index in [0.29, 0.717) is 11.7 Å². The van der Waals surface area contributed by atoms with Gasteiger partial charge in [-0.1, -0.05) is 6.07 Å². The van der Waals surface area contributed by atoms with Crippen molar-refractivity contribution < 1.29 is 13.6 Å². The molecule has 0 radical (unpaired) electrons. The van der Waals surface area contributed by atoms with Gasteiger partial charge < -0.3 is 5.32 Å². The molecule has 8 heteroatoms. The molecule has 0 aliphatic heterocycles. The molecule has 2 heterocycles. The highest BCUT2D eigenvalue weighted by atomic mass is 19.1. The molecule has 1 amide bonds. The molecule has 122 valence electrons. The van der Waals surface area contributed by atoms with Gasteiger partial charge in [-0.25, -0.2) is 13.5 Å². The molecule has 0 spiro atoms. The van der Waals surface area contributed by atoms with Gasteiger partial charge in [-0.15, -0.1) is 0 Å². The smallest absolute Gasteiger partial charge is 0.277 e. The third-order valence-corrected chi connectivity index (χ3v) is 3.84. The highest BCUT2D eigenvalue weighted by molar-refractivity contribution is 6.02. The molecule has 1 fully saturated rings. The van der Waals surface area contributed by atoms with Crippen LogP contribution in [-0.4, -0.2) is 25.9 Å². The summed E-state index contributed by atoms with van der Waals surface area (Å²) in [6, 6.07) is 6.69. The summed E-state index contributed by atoms with van der Waals surface area (Å²) in [7, 11) is 0. The van der Waals surface area contributed by atoms with Gasteiger partial charge in [0.05, 0.1) is 0 Å². The summed E-state index contributed by atoms with van der Waals surface area (Å²) in [5.41, 5.74) is 0.699. The van der Waals surface area contributed by atoms with E-state index in [2.05, 4.69) is 20.6 Å². The van der Waals surface area contributed by atoms with Crippen molar-refractivity contribution in [3.8, 4) is 5.69 Å². The quantitative estimate of drug-likeness (QED) is 0.772. The Bertz CT molecular complexity index is 893. The Labute approximate surface area is 135 Å². The lowest BCUT2D eigenvalue weighted by Crippen LogP contribution is -2.14. The summed E-state index contributed by atoms with van der Waals surface area (Å²) in [5, 5.41) is 13.5. The third-order valence-electron chi connectivity index (χ3n) is 3.84. The van der Waals surface area contributed by atoms with Crippen LogP contribution in [0.15, 0.2) is 36.5 Å². The number of nitrogens with zero attached hydrogens (tertiary/aromatic N) is 3. The predicted octanol–water partition coefficient (Wildman–Crippen LogP) is 3.00. The second-order valence-corrected chi connectivity index (χ2v) is 5.65. The van der Waals surface area contributed by atoms with E-state index in [4.69, 9.17) is 0 Å². The van der Waals surface area contributed by atoms with E-state index in [9.17, 15) is 13.6 Å². The third kappa shape index (κ3) is 2.66. The van der Waals surface area contributed by atoms with E-state index in [1.165, 1.54) is 18.3 Å². The van der Waals surface area contributed by atoms with Crippen molar-refractivity contribution in [2.24, 2.45) is 0 Å². The zero-order valence-corrected chi connectivity index (χ0v) is 12.5. The lowest BCUT2D eigenvalue weighted by molar-refractivity contribution is 0.102. The Morgan fingerprint density at radius 1 is 1.25 bits per heavy atom. The lowest BCUT2D eigenvalue weighted by atomic mass is 10.3. The van der Waals surface area contributed by atoms with Crippen molar-refractivity contribution in [3.63, 3.8) is 0 Å². The van der Waals surface area contributed by atoms with E-state index < -0.39 is 17.5 Å². The zero-order chi connectivity index (χ0) is 16.7. The molecule has 1 saturated carbocycles. The van der Waals surface area contributed by atoms with Crippen LogP contribution in [0.4, 0.5) is 14.6 Å². The number of carbonyl (C=O) groups excluding carboxylic acids is 1. The molecule has 0 saturated heterocycles. The Morgan fingerprint density at radius 2 is 2.00 bits per heavy atom. The highest BCUT2D eigenvalue weighted by Crippen LogP contribution is 2.39. The van der Waals surface area contributed by atoms with E-state index in [-0.39, 0.29) is 11.4 Å². The van der Waals surface area contributed by atoms with Crippen molar-refractivity contribution in [1.82, 2.24) is 20.0 Å². The van der Waals surface area contributed by atoms with Crippen molar-refractivity contribution in [2.75, 3.05) is 5.32 Å². The second kappa shape index (κ2) is 5.55. The summed E-state index contributed by atoms with van der Waals surface area (Å²) < 4.78 is 28.5. The number of aromatic nitrogens is 4. The van der Waals surface area contributed by atoms with Crippen molar-refractivity contribution >= 4 is 11.7 Å². The maximum absolute atomic E-state index is 13.8. The fourth-order valence-corrected chi connectivity index (χ4v) is 2.46. The number of carbonyl (C=O) groups is 1. The number of H-pyrrole nitrogens is 1. The van der Waals surface area contributed by atoms with Crippen LogP contribution in [0, 0.1) is 11.6 Å². The number of hydrogen-bond donors (Lipinski definition) is 2. The number of amides is 1. The average molecular weight is 329 g/mol. The number of aromatic amines is 1. The number of nitrogens with one attached hydrogen (secondary N) is 2. The summed E-state index contributed by atoms with van der Waals surface area (Å²) in [5.74, 6) is -1.13. The molecule has 1 aliphatic rings. The first-order valence-electron chi connectivity index (χ1n) is 7.48. The maximum Gasteiger partial charge on any atom is 0.277 e. The second-order valence-electron chi connectivity index (χ2n) is 5.65. The molecule has 24 heavy (non-hydrogen) atoms. The molecule has 1 aromatic carbocycles. The van der Waals surface area contributed by atoms with Crippen LogP contribution in [0.5, 0.6) is 0 Å². The highest BCUT2D eigenvalue weighted by Gasteiger charge is 2.26. The first kappa shape index (κ1) is 14.6. The SMILES string of the molecule is O=C(Nc1cc(C2CC2)[nH]n1)c1ccn(-c2c(F)cccc2F)n1. The van der Waals surface area contributed by atoms with E-state index in [1.807, 2.05) is 0 Å². The lowest BCUT2D eigenvalue weighted by Gasteiger charge is -2.04. The monoisotopic (exact) mass is 329 g/mol. The molecule has 3 aromatic rings. The minimum Gasteiger partial charge on any atom is -0.304 e. The molecule has 4 rings (SSSR count). The van der Waals surface area contributed by atoms with Crippen LogP contribution >= 0.6 is 0 Å². The molecular weight excluding hydrogens is 316 g/mol. The number of para-hydroxylation sites is 1. The minimum absolute atomic E-state index is 0.0358. The van der Waals surface area contributed by atoms with Gasteiger partial charge in [-0.05, 0) is 31.0 Å². The van der Waals surface area contributed by atoms with Crippen molar-refractivity contribution in [3.05, 3.63) is 59.6 Å². The van der Waals surface area contributed by atoms with Gasteiger partial charge in [0.2, 0.25) is 0 Å². The molecule has 0 bridgehead atoms. The number of anilines is 1. The number of benzene rings is 1. The Kier molecular flexibility index (Phi) is 3.37. The first-order chi connectivity index (χ1) is 11.6. The number of hydrogen-bond acceptors (Lipinski definition) is 3. The summed E-state index contributed by atoms with van der Waals surface area (Å²) in [6.07, 6.45) is 3.57. The summed E-state index contributed by atoms with van der Waals surface area (Å²) in [4.78, 5) is 12.2. The minimum atomic E-state index is -0.758. The van der Waals surface area contributed by atoms with E-state index in [0.717, 1.165) is 35.4 Å². The topological polar surface area (TPSA) is 75.6 Å². The largest absolute Gasteiger partial charge is 0.304 e. The summed E-state index contributed by atoms with van der Waals surface area (Å²) in [6.45, 7) is 0. The summed E-state index contributed by atoms with van der Waals surface area (Å²) >= 11 is 0. The molecule has 2 N–H and O–H groups in total. The molecule has 6 nitrogen and oxygen atoms in total. The van der Waals surface area contributed by atoms with E-state index >= 15 is 0 Å². The first-order valence-corrected chi connectivity index (χ1v) is 7.48. The Morgan fingerprint density at radius 3 is 2.71 bits per heavy atom. The van der Waals surface area contributed by atoms with Crippen LogP contribution in [0.2, 0.25) is 0 Å². The molecule has 0 atom stereocenters. The van der Waals surface area contributed by atoms with Gasteiger partial charge in [0, 0.05) is 23.9 Å². The number of halogens is 2. The van der Waals surface area contributed by atoms with Crippen LogP contribution in [0.3, 0.4) is 0 Å². The molecule has 0 unspecified atom stereocenters. The van der Waals surface area contributed by atoms with Gasteiger partial charge in [-0.2, -0.15) is 10.2 Å². The van der Waals surface area contributed by atoms with Crippen molar-refractivity contribution in [1.29, 1.82) is 0 Å². The van der Waals surface area contributed by atoms with Crippen molar-refractivity contribution in [2.45, 2.75) is 18.8 Å². The zero-order valence-electron chi connectivity index (χ0n) is 12.5. The molecule has 2 aromatic heterocycles. The van der Waals surface area contributed by atoms with Gasteiger partial charge in [0.15, 0.2) is 23.1 Å². The van der Waals surface area contributed by atoms with E-state index in [1.54, 1.807) is 6.07 Å². The fourth-order valence-electron chi connectivity index (χ4n) is 2.46. The van der Waals surface area contributed by atoms with Crippen LogP contribution in [0.25, 0.3) is 5.69 Å². The molecular formula is C16H13F2N5O. The predicted molar refractivity (Wildman–Crippen MR) is 82.0 cm³/mol. The normalized spacial score (nSPS) is 13.9. The van der Waals surface area contributed by atoms with Gasteiger partial charge in [-0.3, -0.25) is 9.89 Å². The maximum atomic E-state index is 13.8. The standard InChI is InChI=1S/C16H13F2N5O/c17-10-2-1-3-11(18)15(10)23-7-6-12(22-23)16(24)19-14-8-13(20-21-14)9-4-5-9/h1-3,6-9H,4-5H2,(H2,19,20,21,24). The number of rotatable bonds is 4. The van der Waals surface area contributed by atoms with Crippen LogP contribution in [0.1, 0.15) is 34.9 Å². The van der Waals surface area contributed by atoms with Gasteiger partial charge in [0.25, 0.3) is 5.91 Å². The van der Waals surface area contributed by atoms with Gasteiger partial charge >= 0.3 is 0 Å². The van der Waals surface area contributed by atoms with Gasteiger partial charge in [0.1, 0.15) is 5.69 Å². The fraction of sp³-hybridized carbons (Fsp3) is 0.188. The Balaban J connectivity index is 1.54. The molecule has 1 aliphatic carbocycles. The Hall–Kier alpha value is -3.03. The van der Waals surface area contributed by atoms with Crippen LogP contribution < -0.4 is 5.32 Å². The van der Waals surface area contributed by atoms with Crippen LogP contribution in [-0.2, 0) is 0 Å².